The van der Waals surface area contributed by atoms with Crippen molar-refractivity contribution in [3.05, 3.63) is 65.9 Å². The van der Waals surface area contributed by atoms with E-state index in [0.29, 0.717) is 5.69 Å². The minimum absolute atomic E-state index is 0.333. The lowest BCUT2D eigenvalue weighted by atomic mass is 10.1. The molecule has 0 bridgehead atoms. The number of hydrogen-bond donors (Lipinski definition) is 0. The Morgan fingerprint density at radius 1 is 1.00 bits per heavy atom. The van der Waals surface area contributed by atoms with Crippen molar-refractivity contribution in [3.8, 4) is 23.0 Å². The van der Waals surface area contributed by atoms with Gasteiger partial charge in [-0.1, -0.05) is 53.7 Å². The molecular formula is C16H12N4. The first-order chi connectivity index (χ1) is 9.81. The van der Waals surface area contributed by atoms with Crippen molar-refractivity contribution in [1.29, 1.82) is 5.26 Å². The fourth-order valence-corrected chi connectivity index (χ4v) is 2.18. The Morgan fingerprint density at radius 3 is 2.40 bits per heavy atom. The third-order valence-electron chi connectivity index (χ3n) is 3.17. The quantitative estimate of drug-likeness (QED) is 0.711. The van der Waals surface area contributed by atoms with Crippen LogP contribution in [0.3, 0.4) is 0 Å². The van der Waals surface area contributed by atoms with Gasteiger partial charge in [-0.3, -0.25) is 0 Å². The third kappa shape index (κ3) is 1.95. The van der Waals surface area contributed by atoms with Gasteiger partial charge in [-0.05, 0) is 18.6 Å². The molecule has 0 aliphatic carbocycles. The Balaban J connectivity index is 2.27. The Morgan fingerprint density at radius 2 is 1.70 bits per heavy atom. The zero-order chi connectivity index (χ0) is 13.9. The lowest BCUT2D eigenvalue weighted by Crippen LogP contribution is -2.01. The molecule has 0 saturated carbocycles. The maximum Gasteiger partial charge on any atom is 0.191 e. The van der Waals surface area contributed by atoms with E-state index in [4.69, 9.17) is 0 Å². The molecule has 0 radical (unpaired) electrons. The van der Waals surface area contributed by atoms with E-state index in [1.807, 2.05) is 61.5 Å². The summed E-state index contributed by atoms with van der Waals surface area (Å²) >= 11 is 0. The summed E-state index contributed by atoms with van der Waals surface area (Å²) in [7, 11) is 0. The number of nitrogens with zero attached hydrogens (tertiary/aromatic N) is 4. The summed E-state index contributed by atoms with van der Waals surface area (Å²) in [6, 6.07) is 19.7. The van der Waals surface area contributed by atoms with Crippen molar-refractivity contribution in [3.63, 3.8) is 0 Å². The van der Waals surface area contributed by atoms with Crippen molar-refractivity contribution in [2.24, 2.45) is 0 Å². The van der Waals surface area contributed by atoms with Gasteiger partial charge in [0.25, 0.3) is 0 Å². The standard InChI is InChI=1S/C16H12N4/c1-12-7-5-6-10-15(12)20-16(14(11-17)18-19-20)13-8-3-2-4-9-13/h2-10H,1H3. The molecule has 0 amide bonds. The molecule has 4 heteroatoms. The number of aryl methyl sites for hydroxylation is 1. The molecule has 0 aliphatic rings. The second-order valence-corrected chi connectivity index (χ2v) is 4.46. The van der Waals surface area contributed by atoms with Crippen LogP contribution in [0.2, 0.25) is 0 Å². The van der Waals surface area contributed by atoms with E-state index < -0.39 is 0 Å². The van der Waals surface area contributed by atoms with E-state index in [1.54, 1.807) is 4.68 Å². The van der Waals surface area contributed by atoms with Gasteiger partial charge in [0, 0.05) is 5.56 Å². The molecule has 3 rings (SSSR count). The summed E-state index contributed by atoms with van der Waals surface area (Å²) in [4.78, 5) is 0. The molecule has 2 aromatic carbocycles. The molecule has 0 aliphatic heterocycles. The van der Waals surface area contributed by atoms with Crippen LogP contribution in [0.25, 0.3) is 16.9 Å². The lowest BCUT2D eigenvalue weighted by molar-refractivity contribution is 0.802. The van der Waals surface area contributed by atoms with Crippen molar-refractivity contribution in [1.82, 2.24) is 15.0 Å². The normalized spacial score (nSPS) is 10.2. The fraction of sp³-hybridized carbons (Fsp3) is 0.0625. The maximum atomic E-state index is 9.24. The van der Waals surface area contributed by atoms with Gasteiger partial charge in [-0.15, -0.1) is 5.10 Å². The monoisotopic (exact) mass is 260 g/mol. The Bertz CT molecular complexity index is 782. The van der Waals surface area contributed by atoms with E-state index >= 15 is 0 Å². The zero-order valence-corrected chi connectivity index (χ0v) is 11.0. The second-order valence-electron chi connectivity index (χ2n) is 4.46. The first-order valence-electron chi connectivity index (χ1n) is 6.28. The molecule has 1 heterocycles. The van der Waals surface area contributed by atoms with Crippen LogP contribution in [0.5, 0.6) is 0 Å². The van der Waals surface area contributed by atoms with Crippen LogP contribution in [-0.2, 0) is 0 Å². The van der Waals surface area contributed by atoms with Gasteiger partial charge in [0.2, 0.25) is 0 Å². The van der Waals surface area contributed by atoms with Crippen molar-refractivity contribution >= 4 is 0 Å². The maximum absolute atomic E-state index is 9.24. The number of aromatic nitrogens is 3. The molecular weight excluding hydrogens is 248 g/mol. The summed E-state index contributed by atoms with van der Waals surface area (Å²) in [5.74, 6) is 0. The van der Waals surface area contributed by atoms with Crippen LogP contribution in [-0.4, -0.2) is 15.0 Å². The topological polar surface area (TPSA) is 54.5 Å². The van der Waals surface area contributed by atoms with Crippen LogP contribution in [0.4, 0.5) is 0 Å². The summed E-state index contributed by atoms with van der Waals surface area (Å²) in [6.07, 6.45) is 0. The molecule has 0 saturated heterocycles. The largest absolute Gasteiger partial charge is 0.211 e. The molecule has 0 atom stereocenters. The molecule has 3 aromatic rings. The number of benzene rings is 2. The summed E-state index contributed by atoms with van der Waals surface area (Å²) in [5.41, 5.74) is 4.00. The molecule has 0 spiro atoms. The molecule has 0 N–H and O–H groups in total. The highest BCUT2D eigenvalue weighted by molar-refractivity contribution is 5.67. The van der Waals surface area contributed by atoms with Gasteiger partial charge in [-0.2, -0.15) is 5.26 Å². The van der Waals surface area contributed by atoms with Crippen molar-refractivity contribution in [2.45, 2.75) is 6.92 Å². The number of rotatable bonds is 2. The van der Waals surface area contributed by atoms with Crippen molar-refractivity contribution in [2.75, 3.05) is 0 Å². The summed E-state index contributed by atoms with van der Waals surface area (Å²) in [5, 5.41) is 17.4. The number of hydrogen-bond acceptors (Lipinski definition) is 3. The van der Waals surface area contributed by atoms with E-state index in [2.05, 4.69) is 16.4 Å². The van der Waals surface area contributed by atoms with Crippen LogP contribution in [0, 0.1) is 18.3 Å². The molecule has 0 unspecified atom stereocenters. The van der Waals surface area contributed by atoms with E-state index in [-0.39, 0.29) is 0 Å². The minimum atomic E-state index is 0.333. The Kier molecular flexibility index (Phi) is 3.02. The molecule has 96 valence electrons. The highest BCUT2D eigenvalue weighted by atomic mass is 15.4. The third-order valence-corrected chi connectivity index (χ3v) is 3.17. The highest BCUT2D eigenvalue weighted by Gasteiger charge is 2.16. The first-order valence-corrected chi connectivity index (χ1v) is 6.28. The smallest absolute Gasteiger partial charge is 0.191 e. The highest BCUT2D eigenvalue weighted by Crippen LogP contribution is 2.25. The summed E-state index contributed by atoms with van der Waals surface area (Å²) < 4.78 is 1.73. The second kappa shape index (κ2) is 4.98. The van der Waals surface area contributed by atoms with Crippen LogP contribution < -0.4 is 0 Å². The number of nitriles is 1. The predicted octanol–water partition coefficient (Wildman–Crippen LogP) is 3.11. The molecule has 20 heavy (non-hydrogen) atoms. The number of para-hydroxylation sites is 1. The predicted molar refractivity (Wildman–Crippen MR) is 76.2 cm³/mol. The van der Waals surface area contributed by atoms with Gasteiger partial charge in [0.05, 0.1) is 5.69 Å². The van der Waals surface area contributed by atoms with E-state index in [9.17, 15) is 5.26 Å². The molecule has 4 nitrogen and oxygen atoms in total. The Hall–Kier alpha value is -2.93. The van der Waals surface area contributed by atoms with Gasteiger partial charge in [0.15, 0.2) is 5.69 Å². The average Bonchev–Trinajstić information content (AvgIpc) is 2.92. The van der Waals surface area contributed by atoms with Crippen LogP contribution in [0.15, 0.2) is 54.6 Å². The van der Waals surface area contributed by atoms with Crippen molar-refractivity contribution < 1.29 is 0 Å². The fourth-order valence-electron chi connectivity index (χ4n) is 2.18. The zero-order valence-electron chi connectivity index (χ0n) is 11.0. The van der Waals surface area contributed by atoms with Crippen LogP contribution >= 0.6 is 0 Å². The lowest BCUT2D eigenvalue weighted by Gasteiger charge is -2.09. The SMILES string of the molecule is Cc1ccccc1-n1nnc(C#N)c1-c1ccccc1. The summed E-state index contributed by atoms with van der Waals surface area (Å²) in [6.45, 7) is 2.01. The minimum Gasteiger partial charge on any atom is -0.211 e. The molecule has 1 aromatic heterocycles. The van der Waals surface area contributed by atoms with Gasteiger partial charge >= 0.3 is 0 Å². The van der Waals surface area contributed by atoms with E-state index in [0.717, 1.165) is 22.5 Å². The van der Waals surface area contributed by atoms with E-state index in [1.165, 1.54) is 0 Å². The van der Waals surface area contributed by atoms with Gasteiger partial charge in [-0.25, -0.2) is 4.68 Å². The van der Waals surface area contributed by atoms with Crippen LogP contribution in [0.1, 0.15) is 11.3 Å². The van der Waals surface area contributed by atoms with Gasteiger partial charge in [0.1, 0.15) is 11.8 Å². The Labute approximate surface area is 116 Å². The first kappa shape index (κ1) is 12.1. The molecule has 0 fully saturated rings. The van der Waals surface area contributed by atoms with Gasteiger partial charge < -0.3 is 0 Å². The average molecular weight is 260 g/mol.